The summed E-state index contributed by atoms with van der Waals surface area (Å²) in [5.74, 6) is -0.223. The van der Waals surface area contributed by atoms with Crippen molar-refractivity contribution >= 4 is 5.97 Å². The van der Waals surface area contributed by atoms with Crippen LogP contribution in [0.2, 0.25) is 0 Å². The summed E-state index contributed by atoms with van der Waals surface area (Å²) in [5.41, 5.74) is -0.761. The molecule has 0 fully saturated rings. The van der Waals surface area contributed by atoms with Gasteiger partial charge in [-0.25, -0.2) is 4.79 Å². The van der Waals surface area contributed by atoms with Crippen LogP contribution in [-0.4, -0.2) is 24.8 Å². The van der Waals surface area contributed by atoms with Crippen molar-refractivity contribution in [2.45, 2.75) is 65.4 Å². The van der Waals surface area contributed by atoms with E-state index in [2.05, 4.69) is 13.8 Å². The highest BCUT2D eigenvalue weighted by molar-refractivity contribution is 5.79. The molecule has 0 aliphatic rings. The zero-order valence-corrected chi connectivity index (χ0v) is 11.2. The van der Waals surface area contributed by atoms with Gasteiger partial charge in [0.25, 0.3) is 0 Å². The Hall–Kier alpha value is -0.570. The molecule has 0 heterocycles. The Balaban J connectivity index is 4.04. The molecule has 16 heavy (non-hydrogen) atoms. The molecule has 0 aromatic carbocycles. The number of carbonyl (C=O) groups excluding carboxylic acids is 1. The lowest BCUT2D eigenvalue weighted by molar-refractivity contribution is -0.171. The van der Waals surface area contributed by atoms with Gasteiger partial charge in [-0.05, 0) is 26.2 Å². The summed E-state index contributed by atoms with van der Waals surface area (Å²) in [4.78, 5) is 11.8. The fourth-order valence-corrected chi connectivity index (χ4v) is 1.21. The molecule has 3 heteroatoms. The topological polar surface area (TPSA) is 35.5 Å². The molecule has 0 aromatic heterocycles. The summed E-state index contributed by atoms with van der Waals surface area (Å²) in [6.45, 7) is 9.08. The minimum absolute atomic E-state index is 0.223. The summed E-state index contributed by atoms with van der Waals surface area (Å²) < 4.78 is 10.8. The van der Waals surface area contributed by atoms with E-state index in [9.17, 15) is 4.79 Å². The van der Waals surface area contributed by atoms with Gasteiger partial charge in [0, 0.05) is 6.61 Å². The molecular weight excluding hydrogens is 204 g/mol. The van der Waals surface area contributed by atoms with Crippen molar-refractivity contribution in [3.05, 3.63) is 0 Å². The van der Waals surface area contributed by atoms with Gasteiger partial charge in [0.15, 0.2) is 5.60 Å². The van der Waals surface area contributed by atoms with Crippen LogP contribution in [0.4, 0.5) is 0 Å². The van der Waals surface area contributed by atoms with Gasteiger partial charge in [0.05, 0.1) is 6.61 Å². The first kappa shape index (κ1) is 15.4. The second kappa shape index (κ2) is 8.57. The molecule has 0 amide bonds. The van der Waals surface area contributed by atoms with E-state index < -0.39 is 5.60 Å². The van der Waals surface area contributed by atoms with Crippen LogP contribution in [0.5, 0.6) is 0 Å². The smallest absolute Gasteiger partial charge is 0.338 e. The number of hydrogen-bond acceptors (Lipinski definition) is 3. The monoisotopic (exact) mass is 230 g/mol. The lowest BCUT2D eigenvalue weighted by Gasteiger charge is -2.26. The molecule has 0 rings (SSSR count). The molecule has 0 radical (unpaired) electrons. The minimum Gasteiger partial charge on any atom is -0.464 e. The molecule has 1 atom stereocenters. The van der Waals surface area contributed by atoms with Crippen LogP contribution in [-0.2, 0) is 14.3 Å². The number of rotatable bonds is 9. The summed E-state index contributed by atoms with van der Waals surface area (Å²) in [6, 6.07) is 0. The molecule has 0 saturated heterocycles. The van der Waals surface area contributed by atoms with Crippen LogP contribution in [0.25, 0.3) is 0 Å². The Morgan fingerprint density at radius 2 is 1.62 bits per heavy atom. The van der Waals surface area contributed by atoms with Crippen LogP contribution in [0, 0.1) is 0 Å². The van der Waals surface area contributed by atoms with E-state index in [0.29, 0.717) is 19.6 Å². The Bertz CT molecular complexity index is 192. The highest BCUT2D eigenvalue weighted by Gasteiger charge is 2.33. The van der Waals surface area contributed by atoms with Crippen LogP contribution < -0.4 is 0 Å². The first-order valence-corrected chi connectivity index (χ1v) is 6.41. The fraction of sp³-hybridized carbons (Fsp3) is 0.923. The van der Waals surface area contributed by atoms with Crippen LogP contribution >= 0.6 is 0 Å². The molecular formula is C13H26O3. The van der Waals surface area contributed by atoms with Crippen molar-refractivity contribution in [2.75, 3.05) is 13.2 Å². The SMILES string of the molecule is CCCCOC(=O)C(C)(CC)OCCCC. The predicted octanol–water partition coefficient (Wildman–Crippen LogP) is 3.32. The largest absolute Gasteiger partial charge is 0.464 e. The van der Waals surface area contributed by atoms with Gasteiger partial charge in [-0.3, -0.25) is 0 Å². The van der Waals surface area contributed by atoms with Gasteiger partial charge in [-0.2, -0.15) is 0 Å². The predicted molar refractivity (Wildman–Crippen MR) is 65.4 cm³/mol. The Morgan fingerprint density at radius 3 is 2.12 bits per heavy atom. The molecule has 0 N–H and O–H groups in total. The van der Waals surface area contributed by atoms with Crippen molar-refractivity contribution in [1.29, 1.82) is 0 Å². The number of esters is 1. The van der Waals surface area contributed by atoms with Gasteiger partial charge in [-0.15, -0.1) is 0 Å². The first-order chi connectivity index (χ1) is 7.60. The molecule has 0 aliphatic heterocycles. The highest BCUT2D eigenvalue weighted by Crippen LogP contribution is 2.18. The summed E-state index contributed by atoms with van der Waals surface area (Å²) in [5, 5.41) is 0. The summed E-state index contributed by atoms with van der Waals surface area (Å²) >= 11 is 0. The van der Waals surface area contributed by atoms with E-state index in [-0.39, 0.29) is 5.97 Å². The van der Waals surface area contributed by atoms with Crippen molar-refractivity contribution in [3.63, 3.8) is 0 Å². The van der Waals surface area contributed by atoms with E-state index in [1.54, 1.807) is 0 Å². The second-order valence-corrected chi connectivity index (χ2v) is 4.28. The van der Waals surface area contributed by atoms with Crippen LogP contribution in [0.3, 0.4) is 0 Å². The molecule has 0 bridgehead atoms. The second-order valence-electron chi connectivity index (χ2n) is 4.28. The van der Waals surface area contributed by atoms with Gasteiger partial charge in [0.2, 0.25) is 0 Å². The Morgan fingerprint density at radius 1 is 1.06 bits per heavy atom. The quantitative estimate of drug-likeness (QED) is 0.450. The Kier molecular flexibility index (Phi) is 8.26. The van der Waals surface area contributed by atoms with E-state index in [1.165, 1.54) is 0 Å². The molecule has 0 saturated carbocycles. The number of ether oxygens (including phenoxy) is 2. The van der Waals surface area contributed by atoms with Crippen LogP contribution in [0.1, 0.15) is 59.8 Å². The zero-order valence-electron chi connectivity index (χ0n) is 11.2. The maximum Gasteiger partial charge on any atom is 0.338 e. The van der Waals surface area contributed by atoms with Gasteiger partial charge >= 0.3 is 5.97 Å². The maximum atomic E-state index is 11.8. The molecule has 96 valence electrons. The highest BCUT2D eigenvalue weighted by atomic mass is 16.6. The van der Waals surface area contributed by atoms with Gasteiger partial charge < -0.3 is 9.47 Å². The number of hydrogen-bond donors (Lipinski definition) is 0. The van der Waals surface area contributed by atoms with Crippen LogP contribution in [0.15, 0.2) is 0 Å². The first-order valence-electron chi connectivity index (χ1n) is 6.41. The van der Waals surface area contributed by atoms with Crippen molar-refractivity contribution < 1.29 is 14.3 Å². The zero-order chi connectivity index (χ0) is 12.4. The molecule has 1 unspecified atom stereocenters. The average Bonchev–Trinajstić information content (AvgIpc) is 2.29. The Labute approximate surface area is 99.5 Å². The summed E-state index contributed by atoms with van der Waals surface area (Å²) in [6.07, 6.45) is 4.66. The van der Waals surface area contributed by atoms with E-state index >= 15 is 0 Å². The van der Waals surface area contributed by atoms with E-state index in [0.717, 1.165) is 25.7 Å². The third-order valence-corrected chi connectivity index (χ3v) is 2.76. The third-order valence-electron chi connectivity index (χ3n) is 2.76. The molecule has 3 nitrogen and oxygen atoms in total. The van der Waals surface area contributed by atoms with Crippen molar-refractivity contribution in [1.82, 2.24) is 0 Å². The fourth-order valence-electron chi connectivity index (χ4n) is 1.21. The van der Waals surface area contributed by atoms with E-state index in [1.807, 2.05) is 13.8 Å². The molecule has 0 aromatic rings. The maximum absolute atomic E-state index is 11.8. The normalized spacial score (nSPS) is 14.5. The van der Waals surface area contributed by atoms with E-state index in [4.69, 9.17) is 9.47 Å². The molecule has 0 spiro atoms. The lowest BCUT2D eigenvalue weighted by atomic mass is 10.0. The van der Waals surface area contributed by atoms with Crippen molar-refractivity contribution in [2.24, 2.45) is 0 Å². The van der Waals surface area contributed by atoms with Gasteiger partial charge in [0.1, 0.15) is 0 Å². The lowest BCUT2D eigenvalue weighted by Crippen LogP contribution is -2.39. The van der Waals surface area contributed by atoms with Crippen molar-refractivity contribution in [3.8, 4) is 0 Å². The minimum atomic E-state index is -0.761. The third kappa shape index (κ3) is 5.50. The number of unbranched alkanes of at least 4 members (excludes halogenated alkanes) is 2. The summed E-state index contributed by atoms with van der Waals surface area (Å²) in [7, 11) is 0. The number of carbonyl (C=O) groups is 1. The average molecular weight is 230 g/mol. The molecule has 0 aliphatic carbocycles. The standard InChI is InChI=1S/C13H26O3/c1-5-8-10-15-12(14)13(4,7-3)16-11-9-6-2/h5-11H2,1-4H3. The van der Waals surface area contributed by atoms with Gasteiger partial charge in [-0.1, -0.05) is 33.6 Å².